The zero-order valence-electron chi connectivity index (χ0n) is 38.9. The number of aryl methyl sites for hydroxylation is 3. The molecular formula is C57H57ClO9. The number of carbonyl (C=O) groups is 7. The number of hydrogen-bond donors (Lipinski definition) is 2. The Morgan fingerprint density at radius 2 is 0.687 bits per heavy atom. The first-order valence-corrected chi connectivity index (χ1v) is 22.7. The van der Waals surface area contributed by atoms with Gasteiger partial charge < -0.3 is 10.2 Å². The van der Waals surface area contributed by atoms with Crippen LogP contribution >= 0.6 is 11.6 Å². The van der Waals surface area contributed by atoms with Crippen molar-refractivity contribution < 1.29 is 43.8 Å². The minimum atomic E-state index is -1.09. The van der Waals surface area contributed by atoms with Crippen LogP contribution in [0.4, 0.5) is 0 Å². The summed E-state index contributed by atoms with van der Waals surface area (Å²) < 4.78 is 0. The second-order valence-corrected chi connectivity index (χ2v) is 16.5. The van der Waals surface area contributed by atoms with E-state index in [0.717, 1.165) is 29.5 Å². The van der Waals surface area contributed by atoms with Crippen LogP contribution < -0.4 is 0 Å². The van der Waals surface area contributed by atoms with E-state index in [9.17, 15) is 38.7 Å². The predicted octanol–water partition coefficient (Wildman–Crippen LogP) is 11.6. The van der Waals surface area contributed by atoms with Crippen LogP contribution in [-0.4, -0.2) is 50.9 Å². The first kappa shape index (κ1) is 52.7. The number of carboxylic acid groups (broad SMARTS) is 1. The molecule has 9 nitrogen and oxygen atoms in total. The van der Waals surface area contributed by atoms with Crippen LogP contribution in [0, 0.1) is 0 Å². The van der Waals surface area contributed by atoms with E-state index in [1.54, 1.807) is 66.7 Å². The Morgan fingerprint density at radius 1 is 0.388 bits per heavy atom. The average Bonchev–Trinajstić information content (AvgIpc) is 3.33. The molecule has 0 heterocycles. The van der Waals surface area contributed by atoms with Crippen molar-refractivity contribution in [2.24, 2.45) is 0 Å². The Hall–Kier alpha value is -6.94. The third-order valence-electron chi connectivity index (χ3n) is 11.0. The molecule has 0 amide bonds. The fraction of sp³-hybridized carbons (Fsp3) is 0.246. The number of hydrogen-bond acceptors (Lipinski definition) is 8. The van der Waals surface area contributed by atoms with Crippen molar-refractivity contribution in [2.45, 2.75) is 92.6 Å². The smallest absolute Gasteiger partial charge is 0.335 e. The van der Waals surface area contributed by atoms with Gasteiger partial charge in [0.15, 0.2) is 34.7 Å². The Balaban J connectivity index is 0.000000330. The molecule has 346 valence electrons. The standard InChI is InChI=1S/C37H34O6.C11H12O3.C9H11Cl/c1-4-24-8-6-9-26(12-24)16-35(40)31-19-29(23(3)38)20-32(21-31)36(41)18-28-11-7-10-27(13-28)17-34(39)30-14-25(5-2)15-33(22-30)37(42)43;1-7(13)10-3-9(6-12)4-11(5-10)8(2)14;1-2-8-4-3-5-9(6-8)7-10/h6-15,19-22H,4-5,16-18H2,1-3H3,(H,42,43);3-5,12H,6H2,1-2H3;3-6H,2,7H2,1H3. The second-order valence-electron chi connectivity index (χ2n) is 16.2. The van der Waals surface area contributed by atoms with Gasteiger partial charge >= 0.3 is 5.97 Å². The highest BCUT2D eigenvalue weighted by Crippen LogP contribution is 2.20. The maximum atomic E-state index is 13.4. The topological polar surface area (TPSA) is 160 Å². The molecule has 0 bridgehead atoms. The molecule has 0 saturated carbocycles. The highest BCUT2D eigenvalue weighted by atomic mass is 35.5. The number of benzene rings is 6. The predicted molar refractivity (Wildman–Crippen MR) is 263 cm³/mol. The number of Topliss-reactive ketones (excluding diaryl/α,β-unsaturated/α-hetero) is 6. The lowest BCUT2D eigenvalue weighted by Crippen LogP contribution is -2.11. The number of rotatable bonds is 18. The van der Waals surface area contributed by atoms with Crippen LogP contribution in [0.3, 0.4) is 0 Å². The van der Waals surface area contributed by atoms with Crippen LogP contribution in [0.5, 0.6) is 0 Å². The zero-order valence-corrected chi connectivity index (χ0v) is 39.7. The summed E-state index contributed by atoms with van der Waals surface area (Å²) in [5.41, 5.74) is 9.50. The number of aliphatic hydroxyl groups excluding tert-OH is 1. The van der Waals surface area contributed by atoms with Crippen molar-refractivity contribution in [3.8, 4) is 0 Å². The lowest BCUT2D eigenvalue weighted by molar-refractivity contribution is 0.0695. The van der Waals surface area contributed by atoms with Crippen LogP contribution in [-0.2, 0) is 51.0 Å². The molecule has 0 fully saturated rings. The number of carbonyl (C=O) groups excluding carboxylic acids is 6. The fourth-order valence-electron chi connectivity index (χ4n) is 7.13. The van der Waals surface area contributed by atoms with Gasteiger partial charge in [-0.3, -0.25) is 28.8 Å². The molecule has 0 spiro atoms. The van der Waals surface area contributed by atoms with Crippen molar-refractivity contribution in [2.75, 3.05) is 0 Å². The summed E-state index contributed by atoms with van der Waals surface area (Å²) in [6.45, 7) is 10.2. The highest BCUT2D eigenvalue weighted by Gasteiger charge is 2.18. The van der Waals surface area contributed by atoms with Gasteiger partial charge in [-0.15, -0.1) is 11.6 Å². The maximum absolute atomic E-state index is 13.4. The van der Waals surface area contributed by atoms with Gasteiger partial charge in [-0.1, -0.05) is 93.6 Å². The molecule has 6 rings (SSSR count). The molecule has 0 aliphatic heterocycles. The summed E-state index contributed by atoms with van der Waals surface area (Å²) in [4.78, 5) is 85.6. The van der Waals surface area contributed by atoms with Gasteiger partial charge in [0.1, 0.15) is 0 Å². The van der Waals surface area contributed by atoms with Gasteiger partial charge in [0.05, 0.1) is 12.2 Å². The summed E-state index contributed by atoms with van der Waals surface area (Å²) in [5, 5.41) is 18.3. The van der Waals surface area contributed by atoms with Gasteiger partial charge in [-0.25, -0.2) is 4.79 Å². The van der Waals surface area contributed by atoms with E-state index >= 15 is 0 Å². The molecule has 10 heteroatoms. The minimum Gasteiger partial charge on any atom is -0.478 e. The molecular weight excluding hydrogens is 864 g/mol. The molecule has 0 saturated heterocycles. The van der Waals surface area contributed by atoms with Crippen LogP contribution in [0.2, 0.25) is 0 Å². The third-order valence-corrected chi connectivity index (χ3v) is 11.3. The van der Waals surface area contributed by atoms with Gasteiger partial charge in [0, 0.05) is 58.5 Å². The summed E-state index contributed by atoms with van der Waals surface area (Å²) in [6.07, 6.45) is 2.77. The molecule has 6 aromatic rings. The summed E-state index contributed by atoms with van der Waals surface area (Å²) >= 11 is 5.66. The second kappa shape index (κ2) is 25.7. The van der Waals surface area contributed by atoms with Crippen molar-refractivity contribution >= 4 is 52.3 Å². The molecule has 0 atom stereocenters. The Bertz CT molecular complexity index is 2730. The van der Waals surface area contributed by atoms with Gasteiger partial charge in [-0.05, 0) is 139 Å². The number of aliphatic hydroxyl groups is 1. The van der Waals surface area contributed by atoms with Crippen LogP contribution in [0.1, 0.15) is 159 Å². The SMILES string of the molecule is CC(=O)c1cc(CO)cc(C(C)=O)c1.CCc1cccc(CC(=O)c2cc(C(C)=O)cc(C(=O)Cc3cccc(CC(=O)c4cc(CC)cc(C(=O)O)c4)c3)c2)c1.CCc1cccc(CCl)c1. The summed E-state index contributed by atoms with van der Waals surface area (Å²) in [6, 6.07) is 37.3. The van der Waals surface area contributed by atoms with Gasteiger partial charge in [0.25, 0.3) is 0 Å². The number of alkyl halides is 1. The van der Waals surface area contributed by atoms with E-state index in [2.05, 4.69) is 25.1 Å². The molecule has 67 heavy (non-hydrogen) atoms. The molecule has 0 aliphatic rings. The number of ketones is 6. The number of carboxylic acids is 1. The molecule has 2 N–H and O–H groups in total. The molecule has 0 unspecified atom stereocenters. The van der Waals surface area contributed by atoms with Crippen molar-refractivity contribution in [3.05, 3.63) is 211 Å². The maximum Gasteiger partial charge on any atom is 0.335 e. The molecule has 0 aromatic heterocycles. The van der Waals surface area contributed by atoms with E-state index in [0.29, 0.717) is 56.8 Å². The van der Waals surface area contributed by atoms with E-state index in [-0.39, 0.29) is 71.7 Å². The fourth-order valence-corrected chi connectivity index (χ4v) is 7.29. The van der Waals surface area contributed by atoms with Crippen LogP contribution in [0.15, 0.2) is 127 Å². The minimum absolute atomic E-state index is 0.0179. The number of halogens is 1. The first-order valence-electron chi connectivity index (χ1n) is 22.2. The highest BCUT2D eigenvalue weighted by molar-refractivity contribution is 6.17. The quantitative estimate of drug-likeness (QED) is 0.0632. The first-order chi connectivity index (χ1) is 32.0. The normalized spacial score (nSPS) is 10.4. The lowest BCUT2D eigenvalue weighted by atomic mass is 9.93. The molecule has 0 aliphatic carbocycles. The van der Waals surface area contributed by atoms with E-state index in [4.69, 9.17) is 16.7 Å². The van der Waals surface area contributed by atoms with E-state index in [1.165, 1.54) is 44.0 Å². The van der Waals surface area contributed by atoms with Crippen molar-refractivity contribution in [1.29, 1.82) is 0 Å². The largest absolute Gasteiger partial charge is 0.478 e. The molecule has 0 radical (unpaired) electrons. The van der Waals surface area contributed by atoms with Crippen molar-refractivity contribution in [1.82, 2.24) is 0 Å². The van der Waals surface area contributed by atoms with E-state index in [1.807, 2.05) is 44.2 Å². The average molecular weight is 922 g/mol. The summed E-state index contributed by atoms with van der Waals surface area (Å²) in [5.74, 6) is -1.58. The van der Waals surface area contributed by atoms with E-state index < -0.39 is 5.97 Å². The van der Waals surface area contributed by atoms with Gasteiger partial charge in [0.2, 0.25) is 0 Å². The van der Waals surface area contributed by atoms with Crippen molar-refractivity contribution in [3.63, 3.8) is 0 Å². The molecule has 6 aromatic carbocycles. The lowest BCUT2D eigenvalue weighted by Gasteiger charge is -2.10. The Labute approximate surface area is 397 Å². The Kier molecular flexibility index (Phi) is 20.2. The summed E-state index contributed by atoms with van der Waals surface area (Å²) in [7, 11) is 0. The van der Waals surface area contributed by atoms with Crippen LogP contribution in [0.25, 0.3) is 0 Å². The Morgan fingerprint density at radius 3 is 1.07 bits per heavy atom. The van der Waals surface area contributed by atoms with Gasteiger partial charge in [-0.2, -0.15) is 0 Å². The third kappa shape index (κ3) is 16.2. The monoisotopic (exact) mass is 920 g/mol. The number of aromatic carboxylic acids is 1. The zero-order chi connectivity index (χ0) is 49.2.